The normalized spacial score (nSPS) is 11.3. The molecular formula is C20H46NO4P. The summed E-state index contributed by atoms with van der Waals surface area (Å²) in [6.45, 7) is 5.50. The minimum atomic E-state index is -4.24. The molecule has 0 rings (SSSR count). The Bertz CT molecular complexity index is 292. The van der Waals surface area contributed by atoms with Gasteiger partial charge >= 0.3 is 7.82 Å². The topological polar surface area (TPSA) is 92.8 Å². The van der Waals surface area contributed by atoms with E-state index < -0.39 is 7.82 Å². The molecular weight excluding hydrogens is 349 g/mol. The van der Waals surface area contributed by atoms with Crippen LogP contribution in [0.4, 0.5) is 0 Å². The molecule has 0 spiro atoms. The van der Waals surface area contributed by atoms with E-state index in [1.807, 2.05) is 0 Å². The first kappa shape index (κ1) is 28.3. The molecule has 0 aliphatic heterocycles. The quantitative estimate of drug-likeness (QED) is 0.186. The molecule has 160 valence electrons. The Morgan fingerprint density at radius 3 is 1.35 bits per heavy atom. The second-order valence-corrected chi connectivity index (χ2v) is 8.30. The summed E-state index contributed by atoms with van der Waals surface area (Å²) in [5.74, 6) is 0. The zero-order valence-corrected chi connectivity index (χ0v) is 18.4. The first-order valence-corrected chi connectivity index (χ1v) is 12.4. The number of nitrogens with two attached hydrogens (primary N) is 1. The van der Waals surface area contributed by atoms with Crippen molar-refractivity contribution in [2.24, 2.45) is 5.73 Å². The van der Waals surface area contributed by atoms with Gasteiger partial charge in [0.25, 0.3) is 0 Å². The maximum absolute atomic E-state index is 10.4. The summed E-state index contributed by atoms with van der Waals surface area (Å²) in [6.07, 6.45) is 20.1. The summed E-state index contributed by atoms with van der Waals surface area (Å²) < 4.78 is 14.7. The van der Waals surface area contributed by atoms with Crippen LogP contribution in [-0.4, -0.2) is 22.9 Å². The lowest BCUT2D eigenvalue weighted by Crippen LogP contribution is -1.97. The molecule has 0 aromatic carbocycles. The Labute approximate surface area is 162 Å². The maximum atomic E-state index is 10.4. The second-order valence-electron chi connectivity index (χ2n) is 7.06. The van der Waals surface area contributed by atoms with Gasteiger partial charge in [0.2, 0.25) is 0 Å². The van der Waals surface area contributed by atoms with Gasteiger partial charge in [-0.1, -0.05) is 104 Å². The van der Waals surface area contributed by atoms with E-state index in [-0.39, 0.29) is 6.61 Å². The first-order chi connectivity index (χ1) is 12.5. The minimum Gasteiger partial charge on any atom is -0.330 e. The van der Waals surface area contributed by atoms with Gasteiger partial charge in [0, 0.05) is 0 Å². The van der Waals surface area contributed by atoms with E-state index in [1.54, 1.807) is 0 Å². The molecule has 0 saturated carbocycles. The number of hydrogen-bond donors (Lipinski definition) is 3. The van der Waals surface area contributed by atoms with E-state index in [4.69, 9.17) is 15.5 Å². The van der Waals surface area contributed by atoms with Crippen LogP contribution < -0.4 is 5.73 Å². The monoisotopic (exact) mass is 395 g/mol. The van der Waals surface area contributed by atoms with Gasteiger partial charge in [-0.2, -0.15) is 0 Å². The zero-order chi connectivity index (χ0) is 19.9. The molecule has 26 heavy (non-hydrogen) atoms. The molecule has 0 aliphatic carbocycles. The highest BCUT2D eigenvalue weighted by Crippen LogP contribution is 2.35. The zero-order valence-electron chi connectivity index (χ0n) is 17.5. The lowest BCUT2D eigenvalue weighted by atomic mass is 10.1. The minimum absolute atomic E-state index is 0.167. The van der Waals surface area contributed by atoms with E-state index in [9.17, 15) is 4.57 Å². The Balaban J connectivity index is 0. The maximum Gasteiger partial charge on any atom is 0.469 e. The van der Waals surface area contributed by atoms with Gasteiger partial charge < -0.3 is 15.5 Å². The fraction of sp³-hybridized carbons (Fsp3) is 1.00. The molecule has 0 fully saturated rings. The Morgan fingerprint density at radius 1 is 0.654 bits per heavy atom. The van der Waals surface area contributed by atoms with Crippen molar-refractivity contribution in [3.63, 3.8) is 0 Å². The smallest absolute Gasteiger partial charge is 0.330 e. The highest BCUT2D eigenvalue weighted by Gasteiger charge is 2.12. The Kier molecular flexibility index (Phi) is 25.1. The summed E-state index contributed by atoms with van der Waals surface area (Å²) in [5.41, 5.74) is 5.34. The van der Waals surface area contributed by atoms with Gasteiger partial charge in [-0.3, -0.25) is 4.52 Å². The lowest BCUT2D eigenvalue weighted by Gasteiger charge is -2.05. The summed E-state index contributed by atoms with van der Waals surface area (Å²) in [5, 5.41) is 0. The van der Waals surface area contributed by atoms with Gasteiger partial charge in [0.1, 0.15) is 0 Å². The third-order valence-electron chi connectivity index (χ3n) is 4.32. The van der Waals surface area contributed by atoms with Gasteiger partial charge in [0.05, 0.1) is 6.61 Å². The number of phosphoric ester groups is 1. The molecule has 0 radical (unpaired) electrons. The van der Waals surface area contributed by atoms with Gasteiger partial charge in [-0.05, 0) is 19.4 Å². The SMILES string of the molecule is CCCCCCCCCCCCOP(=O)(O)O.CCCCCCCCN. The van der Waals surface area contributed by atoms with Crippen LogP contribution in [0.3, 0.4) is 0 Å². The van der Waals surface area contributed by atoms with Crippen LogP contribution in [0.5, 0.6) is 0 Å². The van der Waals surface area contributed by atoms with E-state index in [1.165, 1.54) is 83.5 Å². The number of phosphoric acid groups is 1. The summed E-state index contributed by atoms with van der Waals surface area (Å²) in [4.78, 5) is 16.9. The van der Waals surface area contributed by atoms with Crippen LogP contribution in [0.2, 0.25) is 0 Å². The van der Waals surface area contributed by atoms with Crippen LogP contribution in [0.25, 0.3) is 0 Å². The molecule has 0 aromatic heterocycles. The molecule has 6 heteroatoms. The van der Waals surface area contributed by atoms with Gasteiger partial charge in [0.15, 0.2) is 0 Å². The Hall–Kier alpha value is 0.0700. The molecule has 0 aromatic rings. The highest BCUT2D eigenvalue weighted by molar-refractivity contribution is 7.46. The molecule has 4 N–H and O–H groups in total. The fourth-order valence-corrected chi connectivity index (χ4v) is 3.06. The van der Waals surface area contributed by atoms with Crippen molar-refractivity contribution < 1.29 is 18.9 Å². The lowest BCUT2D eigenvalue weighted by molar-refractivity contribution is 0.193. The van der Waals surface area contributed by atoms with Crippen LogP contribution in [0, 0.1) is 0 Å². The van der Waals surface area contributed by atoms with Gasteiger partial charge in [-0.15, -0.1) is 0 Å². The largest absolute Gasteiger partial charge is 0.469 e. The number of unbranched alkanes of at least 4 members (excludes halogenated alkanes) is 14. The van der Waals surface area contributed by atoms with E-state index in [0.717, 1.165) is 25.8 Å². The molecule has 0 amide bonds. The molecule has 5 nitrogen and oxygen atoms in total. The molecule has 0 saturated heterocycles. The van der Waals surface area contributed by atoms with Gasteiger partial charge in [-0.25, -0.2) is 4.57 Å². The number of rotatable bonds is 18. The Morgan fingerprint density at radius 2 is 1.00 bits per heavy atom. The summed E-state index contributed by atoms with van der Waals surface area (Å²) in [7, 11) is -4.24. The van der Waals surface area contributed by atoms with Crippen LogP contribution in [-0.2, 0) is 9.09 Å². The molecule has 0 unspecified atom stereocenters. The second kappa shape index (κ2) is 23.1. The van der Waals surface area contributed by atoms with Crippen molar-refractivity contribution in [2.45, 2.75) is 117 Å². The summed E-state index contributed by atoms with van der Waals surface area (Å²) in [6, 6.07) is 0. The molecule has 0 aliphatic rings. The van der Waals surface area contributed by atoms with Crippen molar-refractivity contribution in [3.8, 4) is 0 Å². The number of hydrogen-bond acceptors (Lipinski definition) is 3. The van der Waals surface area contributed by atoms with Crippen molar-refractivity contribution in [3.05, 3.63) is 0 Å². The van der Waals surface area contributed by atoms with E-state index >= 15 is 0 Å². The first-order valence-electron chi connectivity index (χ1n) is 10.9. The van der Waals surface area contributed by atoms with Crippen LogP contribution in [0.15, 0.2) is 0 Å². The predicted octanol–water partition coefficient (Wildman–Crippen LogP) is 6.32. The molecule has 0 atom stereocenters. The van der Waals surface area contributed by atoms with Crippen molar-refractivity contribution in [1.29, 1.82) is 0 Å². The third-order valence-corrected chi connectivity index (χ3v) is 4.83. The van der Waals surface area contributed by atoms with Crippen molar-refractivity contribution in [2.75, 3.05) is 13.2 Å². The highest BCUT2D eigenvalue weighted by atomic mass is 31.2. The van der Waals surface area contributed by atoms with Crippen LogP contribution >= 0.6 is 7.82 Å². The van der Waals surface area contributed by atoms with E-state index in [0.29, 0.717) is 0 Å². The average Bonchev–Trinajstić information content (AvgIpc) is 2.59. The standard InChI is InChI=1S/C12H27O4P.C8H19N/c1-2-3-4-5-6-7-8-9-10-11-12-16-17(13,14)15;1-2-3-4-5-6-7-8-9/h2-12H2,1H3,(H2,13,14,15);2-9H2,1H3. The van der Waals surface area contributed by atoms with Crippen LogP contribution in [0.1, 0.15) is 117 Å². The van der Waals surface area contributed by atoms with Crippen molar-refractivity contribution in [1.82, 2.24) is 0 Å². The fourth-order valence-electron chi connectivity index (χ4n) is 2.70. The van der Waals surface area contributed by atoms with Crippen molar-refractivity contribution >= 4 is 7.82 Å². The molecule has 0 bridgehead atoms. The average molecular weight is 396 g/mol. The predicted molar refractivity (Wildman–Crippen MR) is 112 cm³/mol. The molecule has 0 heterocycles. The van der Waals surface area contributed by atoms with E-state index in [2.05, 4.69) is 18.4 Å². The third kappa shape index (κ3) is 31.8. The summed E-state index contributed by atoms with van der Waals surface area (Å²) >= 11 is 0.